The van der Waals surface area contributed by atoms with Crippen molar-refractivity contribution in [3.63, 3.8) is 0 Å². The lowest BCUT2D eigenvalue weighted by Crippen LogP contribution is -2.13. The standard InChI is InChI=1S/C17H10ClF3N2O2/c18-12-5-1-3-10(7-12)15-9-14(23-25-15)16(24)22-13-6-2-4-11(8-13)17(19,20)21/h1-9H,(H,22,24). The Morgan fingerprint density at radius 2 is 1.84 bits per heavy atom. The second-order valence-corrected chi connectivity index (χ2v) is 5.56. The van der Waals surface area contributed by atoms with Crippen molar-refractivity contribution in [2.24, 2.45) is 0 Å². The van der Waals surface area contributed by atoms with Crippen LogP contribution in [0.3, 0.4) is 0 Å². The van der Waals surface area contributed by atoms with Gasteiger partial charge in [-0.2, -0.15) is 13.2 Å². The first-order valence-electron chi connectivity index (χ1n) is 7.04. The Balaban J connectivity index is 1.79. The van der Waals surface area contributed by atoms with Gasteiger partial charge in [-0.05, 0) is 30.3 Å². The van der Waals surface area contributed by atoms with E-state index in [2.05, 4.69) is 10.5 Å². The van der Waals surface area contributed by atoms with Gasteiger partial charge in [-0.15, -0.1) is 0 Å². The highest BCUT2D eigenvalue weighted by atomic mass is 35.5. The number of hydrogen-bond acceptors (Lipinski definition) is 3. The van der Waals surface area contributed by atoms with Gasteiger partial charge in [0.15, 0.2) is 11.5 Å². The Hall–Kier alpha value is -2.80. The van der Waals surface area contributed by atoms with E-state index < -0.39 is 17.6 Å². The molecule has 0 radical (unpaired) electrons. The van der Waals surface area contributed by atoms with Crippen LogP contribution in [0.25, 0.3) is 11.3 Å². The number of carbonyl (C=O) groups excluding carboxylic acids is 1. The SMILES string of the molecule is O=C(Nc1cccc(C(F)(F)F)c1)c1cc(-c2cccc(Cl)c2)on1. The topological polar surface area (TPSA) is 55.1 Å². The molecule has 3 aromatic rings. The van der Waals surface area contributed by atoms with Gasteiger partial charge in [-0.3, -0.25) is 4.79 Å². The molecule has 1 aromatic heterocycles. The number of hydrogen-bond donors (Lipinski definition) is 1. The smallest absolute Gasteiger partial charge is 0.355 e. The molecule has 0 aliphatic carbocycles. The molecule has 4 nitrogen and oxygen atoms in total. The molecule has 0 bridgehead atoms. The normalized spacial score (nSPS) is 11.4. The van der Waals surface area contributed by atoms with Crippen molar-refractivity contribution < 1.29 is 22.5 Å². The maximum absolute atomic E-state index is 12.7. The monoisotopic (exact) mass is 366 g/mol. The Labute approximate surface area is 145 Å². The number of halogens is 4. The molecule has 0 spiro atoms. The summed E-state index contributed by atoms with van der Waals surface area (Å²) in [7, 11) is 0. The molecule has 8 heteroatoms. The van der Waals surface area contributed by atoms with E-state index >= 15 is 0 Å². The molecule has 2 aromatic carbocycles. The number of carbonyl (C=O) groups is 1. The molecule has 1 amide bonds. The summed E-state index contributed by atoms with van der Waals surface area (Å²) in [6.45, 7) is 0. The van der Waals surface area contributed by atoms with Crippen molar-refractivity contribution in [3.8, 4) is 11.3 Å². The molecule has 0 saturated carbocycles. The minimum atomic E-state index is -4.49. The fraction of sp³-hybridized carbons (Fsp3) is 0.0588. The van der Waals surface area contributed by atoms with Crippen molar-refractivity contribution >= 4 is 23.2 Å². The zero-order valence-electron chi connectivity index (χ0n) is 12.5. The van der Waals surface area contributed by atoms with E-state index in [1.807, 2.05) is 0 Å². The predicted molar refractivity (Wildman–Crippen MR) is 86.3 cm³/mol. The number of rotatable bonds is 3. The van der Waals surface area contributed by atoms with Gasteiger partial charge in [0.1, 0.15) is 0 Å². The van der Waals surface area contributed by atoms with E-state index in [-0.39, 0.29) is 11.4 Å². The zero-order chi connectivity index (χ0) is 18.0. The van der Waals surface area contributed by atoms with Crippen molar-refractivity contribution in [3.05, 3.63) is 70.9 Å². The maximum atomic E-state index is 12.7. The Kier molecular flexibility index (Phi) is 4.50. The van der Waals surface area contributed by atoms with Crippen LogP contribution in [0, 0.1) is 0 Å². The second-order valence-electron chi connectivity index (χ2n) is 5.12. The van der Waals surface area contributed by atoms with Crippen LogP contribution in [0.4, 0.5) is 18.9 Å². The lowest BCUT2D eigenvalue weighted by atomic mass is 10.1. The lowest BCUT2D eigenvalue weighted by molar-refractivity contribution is -0.137. The number of nitrogens with one attached hydrogen (secondary N) is 1. The van der Waals surface area contributed by atoms with Gasteiger partial charge in [0.2, 0.25) is 0 Å². The van der Waals surface area contributed by atoms with Crippen LogP contribution < -0.4 is 5.32 Å². The molecular formula is C17H10ClF3N2O2. The summed E-state index contributed by atoms with van der Waals surface area (Å²) in [6, 6.07) is 12.5. The largest absolute Gasteiger partial charge is 0.416 e. The Bertz CT molecular complexity index is 922. The first-order valence-corrected chi connectivity index (χ1v) is 7.42. The van der Waals surface area contributed by atoms with Gasteiger partial charge in [-0.1, -0.05) is 35.0 Å². The number of alkyl halides is 3. The first kappa shape index (κ1) is 17.0. The van der Waals surface area contributed by atoms with Crippen LogP contribution in [0.5, 0.6) is 0 Å². The zero-order valence-corrected chi connectivity index (χ0v) is 13.2. The van der Waals surface area contributed by atoms with Gasteiger partial charge in [0.25, 0.3) is 5.91 Å². The van der Waals surface area contributed by atoms with E-state index in [9.17, 15) is 18.0 Å². The third-order valence-electron chi connectivity index (χ3n) is 3.30. The molecule has 0 saturated heterocycles. The molecular weight excluding hydrogens is 357 g/mol. The van der Waals surface area contributed by atoms with E-state index in [4.69, 9.17) is 16.1 Å². The first-order chi connectivity index (χ1) is 11.8. The third-order valence-corrected chi connectivity index (χ3v) is 3.53. The molecule has 1 N–H and O–H groups in total. The molecule has 1 heterocycles. The Morgan fingerprint density at radius 3 is 2.56 bits per heavy atom. The van der Waals surface area contributed by atoms with Crippen molar-refractivity contribution in [2.45, 2.75) is 6.18 Å². The van der Waals surface area contributed by atoms with E-state index in [1.54, 1.807) is 24.3 Å². The highest BCUT2D eigenvalue weighted by Crippen LogP contribution is 2.31. The average Bonchev–Trinajstić information content (AvgIpc) is 3.04. The highest BCUT2D eigenvalue weighted by Gasteiger charge is 2.30. The average molecular weight is 367 g/mol. The molecule has 0 atom stereocenters. The summed E-state index contributed by atoms with van der Waals surface area (Å²) in [5, 5.41) is 6.49. The molecule has 0 aliphatic rings. The number of amides is 1. The summed E-state index contributed by atoms with van der Waals surface area (Å²) in [5.41, 5.74) is -0.289. The van der Waals surface area contributed by atoms with Crippen molar-refractivity contribution in [1.82, 2.24) is 5.16 Å². The second kappa shape index (κ2) is 6.60. The van der Waals surface area contributed by atoms with Crippen molar-refractivity contribution in [2.75, 3.05) is 5.32 Å². The number of nitrogens with zero attached hydrogens (tertiary/aromatic N) is 1. The van der Waals surface area contributed by atoms with E-state index in [0.717, 1.165) is 12.1 Å². The minimum absolute atomic E-state index is 0.00660. The van der Waals surface area contributed by atoms with Crippen LogP contribution in [0.2, 0.25) is 5.02 Å². The van der Waals surface area contributed by atoms with Crippen molar-refractivity contribution in [1.29, 1.82) is 0 Å². The third kappa shape index (κ3) is 4.00. The lowest BCUT2D eigenvalue weighted by Gasteiger charge is -2.08. The highest BCUT2D eigenvalue weighted by molar-refractivity contribution is 6.30. The van der Waals surface area contributed by atoms with Gasteiger partial charge in [-0.25, -0.2) is 0 Å². The van der Waals surface area contributed by atoms with Crippen LogP contribution in [-0.4, -0.2) is 11.1 Å². The van der Waals surface area contributed by atoms with E-state index in [1.165, 1.54) is 18.2 Å². The van der Waals surface area contributed by atoms with E-state index in [0.29, 0.717) is 16.3 Å². The predicted octanol–water partition coefficient (Wildman–Crippen LogP) is 5.27. The van der Waals surface area contributed by atoms with Gasteiger partial charge >= 0.3 is 6.18 Å². The number of anilines is 1. The quantitative estimate of drug-likeness (QED) is 0.687. The van der Waals surface area contributed by atoms with Crippen LogP contribution in [0.1, 0.15) is 16.1 Å². The fourth-order valence-electron chi connectivity index (χ4n) is 2.13. The summed E-state index contributed by atoms with van der Waals surface area (Å²) in [4.78, 5) is 12.1. The summed E-state index contributed by atoms with van der Waals surface area (Å²) >= 11 is 5.89. The number of aromatic nitrogens is 1. The molecule has 0 fully saturated rings. The molecule has 25 heavy (non-hydrogen) atoms. The van der Waals surface area contributed by atoms with Gasteiger partial charge < -0.3 is 9.84 Å². The molecule has 3 rings (SSSR count). The summed E-state index contributed by atoms with van der Waals surface area (Å²) in [5.74, 6) is -0.368. The van der Waals surface area contributed by atoms with Crippen LogP contribution in [0.15, 0.2) is 59.1 Å². The van der Waals surface area contributed by atoms with Gasteiger partial charge in [0.05, 0.1) is 5.56 Å². The molecule has 128 valence electrons. The maximum Gasteiger partial charge on any atom is 0.416 e. The van der Waals surface area contributed by atoms with Gasteiger partial charge in [0, 0.05) is 22.3 Å². The Morgan fingerprint density at radius 1 is 1.08 bits per heavy atom. The molecule has 0 unspecified atom stereocenters. The summed E-state index contributed by atoms with van der Waals surface area (Å²) < 4.78 is 43.2. The number of benzene rings is 2. The van der Waals surface area contributed by atoms with Crippen LogP contribution in [-0.2, 0) is 6.18 Å². The minimum Gasteiger partial charge on any atom is -0.355 e. The summed E-state index contributed by atoms with van der Waals surface area (Å²) in [6.07, 6.45) is -4.49. The van der Waals surface area contributed by atoms with Crippen LogP contribution >= 0.6 is 11.6 Å². The molecule has 0 aliphatic heterocycles. The fourth-order valence-corrected chi connectivity index (χ4v) is 2.32.